The van der Waals surface area contributed by atoms with Crippen molar-refractivity contribution in [2.24, 2.45) is 0 Å². The van der Waals surface area contributed by atoms with E-state index in [1.807, 2.05) is 30.3 Å². The first-order chi connectivity index (χ1) is 9.15. The van der Waals surface area contributed by atoms with E-state index in [1.165, 1.54) is 6.20 Å². The van der Waals surface area contributed by atoms with Gasteiger partial charge in [0.15, 0.2) is 0 Å². The van der Waals surface area contributed by atoms with Crippen LogP contribution in [0.3, 0.4) is 0 Å². The molecule has 0 aliphatic carbocycles. The number of halogens is 1. The van der Waals surface area contributed by atoms with Gasteiger partial charge in [0.25, 0.3) is 0 Å². The van der Waals surface area contributed by atoms with E-state index in [-0.39, 0.29) is 6.61 Å². The van der Waals surface area contributed by atoms with E-state index >= 15 is 0 Å². The Morgan fingerprint density at radius 3 is 2.79 bits per heavy atom. The molecule has 0 atom stereocenters. The fraction of sp³-hybridized carbons (Fsp3) is 0.0769. The van der Waals surface area contributed by atoms with Crippen LogP contribution in [0.15, 0.2) is 47.1 Å². The summed E-state index contributed by atoms with van der Waals surface area (Å²) in [6.07, 6.45) is 0.923. The molecule has 98 valence electrons. The Morgan fingerprint density at radius 1 is 1.37 bits per heavy atom. The number of pyridine rings is 1. The Bertz CT molecular complexity index is 575. The summed E-state index contributed by atoms with van der Waals surface area (Å²) in [6.45, 7) is 0.218. The summed E-state index contributed by atoms with van der Waals surface area (Å²) in [5, 5.41) is 2.57. The van der Waals surface area contributed by atoms with Gasteiger partial charge in [-0.1, -0.05) is 30.3 Å². The van der Waals surface area contributed by atoms with Crippen LogP contribution < -0.4 is 11.1 Å². The van der Waals surface area contributed by atoms with Gasteiger partial charge in [0.05, 0.1) is 16.4 Å². The van der Waals surface area contributed by atoms with Crippen molar-refractivity contribution in [3.63, 3.8) is 0 Å². The van der Waals surface area contributed by atoms with Gasteiger partial charge in [0, 0.05) is 0 Å². The summed E-state index contributed by atoms with van der Waals surface area (Å²) in [7, 11) is 0. The first kappa shape index (κ1) is 13.4. The number of nitrogens with two attached hydrogens (primary N) is 1. The van der Waals surface area contributed by atoms with E-state index in [0.29, 0.717) is 16.0 Å². The normalized spacial score (nSPS) is 9.95. The Labute approximate surface area is 118 Å². The number of rotatable bonds is 3. The molecule has 0 aliphatic rings. The van der Waals surface area contributed by atoms with E-state index in [0.717, 1.165) is 5.56 Å². The molecule has 5 nitrogen and oxygen atoms in total. The van der Waals surface area contributed by atoms with Gasteiger partial charge in [0.2, 0.25) is 0 Å². The van der Waals surface area contributed by atoms with Gasteiger partial charge in [-0.2, -0.15) is 0 Å². The number of carbonyl (C=O) groups excluding carboxylic acids is 1. The first-order valence-corrected chi connectivity index (χ1v) is 6.33. The van der Waals surface area contributed by atoms with Crippen LogP contribution in [0, 0.1) is 0 Å². The zero-order valence-corrected chi connectivity index (χ0v) is 11.6. The molecule has 6 heteroatoms. The molecule has 0 saturated carbocycles. The Balaban J connectivity index is 1.89. The number of carbonyl (C=O) groups is 1. The summed E-state index contributed by atoms with van der Waals surface area (Å²) < 4.78 is 5.70. The standard InChI is InChI=1S/C13H12BrN3O2/c14-11-6-10(7-16-12(11)15)17-13(18)19-8-9-4-2-1-3-5-9/h1-7H,8H2,(H2,15,16)(H,17,18). The van der Waals surface area contributed by atoms with Crippen LogP contribution in [-0.4, -0.2) is 11.1 Å². The molecule has 0 fully saturated rings. The van der Waals surface area contributed by atoms with Crippen LogP contribution in [0.4, 0.5) is 16.3 Å². The largest absolute Gasteiger partial charge is 0.444 e. The van der Waals surface area contributed by atoms with E-state index in [4.69, 9.17) is 10.5 Å². The second-order valence-electron chi connectivity index (χ2n) is 3.78. The SMILES string of the molecule is Nc1ncc(NC(=O)OCc2ccccc2)cc1Br. The van der Waals surface area contributed by atoms with Crippen molar-refractivity contribution in [2.75, 3.05) is 11.1 Å². The highest BCUT2D eigenvalue weighted by atomic mass is 79.9. The summed E-state index contributed by atoms with van der Waals surface area (Å²) >= 11 is 3.23. The quantitative estimate of drug-likeness (QED) is 0.910. The summed E-state index contributed by atoms with van der Waals surface area (Å²) in [5.41, 5.74) is 6.99. The number of amides is 1. The van der Waals surface area contributed by atoms with Crippen molar-refractivity contribution in [2.45, 2.75) is 6.61 Å². The number of anilines is 2. The van der Waals surface area contributed by atoms with Crippen molar-refractivity contribution in [3.8, 4) is 0 Å². The zero-order chi connectivity index (χ0) is 13.7. The number of aromatic nitrogens is 1. The number of nitrogen functional groups attached to an aromatic ring is 1. The lowest BCUT2D eigenvalue weighted by Gasteiger charge is -2.07. The van der Waals surface area contributed by atoms with Crippen LogP contribution in [0.1, 0.15) is 5.56 Å². The fourth-order valence-electron chi connectivity index (χ4n) is 1.39. The van der Waals surface area contributed by atoms with Gasteiger partial charge in [-0.15, -0.1) is 0 Å². The Morgan fingerprint density at radius 2 is 2.11 bits per heavy atom. The van der Waals surface area contributed by atoms with E-state index in [9.17, 15) is 4.79 Å². The molecule has 0 bridgehead atoms. The summed E-state index contributed by atoms with van der Waals surface area (Å²) in [5.74, 6) is 0.364. The average Bonchev–Trinajstić information content (AvgIpc) is 2.42. The number of hydrogen-bond donors (Lipinski definition) is 2. The number of nitrogens with zero attached hydrogens (tertiary/aromatic N) is 1. The minimum atomic E-state index is -0.540. The second-order valence-corrected chi connectivity index (χ2v) is 4.63. The molecule has 2 rings (SSSR count). The lowest BCUT2D eigenvalue weighted by Crippen LogP contribution is -2.13. The van der Waals surface area contributed by atoms with Gasteiger partial charge in [-0.25, -0.2) is 9.78 Å². The van der Waals surface area contributed by atoms with Crippen molar-refractivity contribution < 1.29 is 9.53 Å². The molecular weight excluding hydrogens is 310 g/mol. The predicted molar refractivity (Wildman–Crippen MR) is 76.6 cm³/mol. The molecule has 1 heterocycles. The highest BCUT2D eigenvalue weighted by molar-refractivity contribution is 9.10. The highest BCUT2D eigenvalue weighted by Crippen LogP contribution is 2.20. The molecule has 0 radical (unpaired) electrons. The van der Waals surface area contributed by atoms with Gasteiger partial charge < -0.3 is 10.5 Å². The molecule has 1 amide bonds. The number of nitrogens with one attached hydrogen (secondary N) is 1. The molecule has 19 heavy (non-hydrogen) atoms. The molecule has 1 aromatic heterocycles. The minimum Gasteiger partial charge on any atom is -0.444 e. The lowest BCUT2D eigenvalue weighted by molar-refractivity contribution is 0.155. The number of benzene rings is 1. The number of hydrogen-bond acceptors (Lipinski definition) is 4. The summed E-state index contributed by atoms with van der Waals surface area (Å²) in [4.78, 5) is 15.5. The van der Waals surface area contributed by atoms with Crippen LogP contribution in [-0.2, 0) is 11.3 Å². The van der Waals surface area contributed by atoms with Crippen molar-refractivity contribution in [3.05, 3.63) is 52.6 Å². The first-order valence-electron chi connectivity index (χ1n) is 5.54. The Hall–Kier alpha value is -2.08. The van der Waals surface area contributed by atoms with Gasteiger partial charge in [-0.05, 0) is 27.6 Å². The Kier molecular flexibility index (Phi) is 4.35. The van der Waals surface area contributed by atoms with Gasteiger partial charge in [-0.3, -0.25) is 5.32 Å². The van der Waals surface area contributed by atoms with E-state index in [2.05, 4.69) is 26.2 Å². The maximum absolute atomic E-state index is 11.6. The highest BCUT2D eigenvalue weighted by Gasteiger charge is 2.05. The summed E-state index contributed by atoms with van der Waals surface area (Å²) in [6, 6.07) is 11.1. The topological polar surface area (TPSA) is 77.2 Å². The van der Waals surface area contributed by atoms with Crippen LogP contribution in [0.2, 0.25) is 0 Å². The van der Waals surface area contributed by atoms with Gasteiger partial charge in [0.1, 0.15) is 12.4 Å². The average molecular weight is 322 g/mol. The molecule has 0 spiro atoms. The van der Waals surface area contributed by atoms with Gasteiger partial charge >= 0.3 is 6.09 Å². The third-order valence-corrected chi connectivity index (χ3v) is 2.96. The fourth-order valence-corrected chi connectivity index (χ4v) is 1.74. The van der Waals surface area contributed by atoms with E-state index < -0.39 is 6.09 Å². The van der Waals surface area contributed by atoms with Crippen LogP contribution >= 0.6 is 15.9 Å². The predicted octanol–water partition coefficient (Wildman–Crippen LogP) is 3.18. The molecular formula is C13H12BrN3O2. The van der Waals surface area contributed by atoms with Crippen molar-refractivity contribution >= 4 is 33.5 Å². The molecule has 0 unspecified atom stereocenters. The smallest absolute Gasteiger partial charge is 0.412 e. The van der Waals surface area contributed by atoms with Crippen molar-refractivity contribution in [1.82, 2.24) is 4.98 Å². The third-order valence-electron chi connectivity index (χ3n) is 2.33. The van der Waals surface area contributed by atoms with E-state index in [1.54, 1.807) is 6.07 Å². The maximum Gasteiger partial charge on any atom is 0.412 e. The minimum absolute atomic E-state index is 0.218. The molecule has 3 N–H and O–H groups in total. The third kappa shape index (κ3) is 3.96. The molecule has 0 aliphatic heterocycles. The monoisotopic (exact) mass is 321 g/mol. The van der Waals surface area contributed by atoms with Crippen LogP contribution in [0.25, 0.3) is 0 Å². The second kappa shape index (κ2) is 6.19. The number of ether oxygens (including phenoxy) is 1. The maximum atomic E-state index is 11.6. The lowest BCUT2D eigenvalue weighted by atomic mass is 10.2. The molecule has 2 aromatic rings. The molecule has 0 saturated heterocycles. The van der Waals surface area contributed by atoms with Crippen molar-refractivity contribution in [1.29, 1.82) is 0 Å². The molecule has 1 aromatic carbocycles. The zero-order valence-electron chi connectivity index (χ0n) is 9.97. The van der Waals surface area contributed by atoms with Crippen LogP contribution in [0.5, 0.6) is 0 Å².